The number of aromatic nitrogens is 3. The molecule has 2 heterocycles. The Morgan fingerprint density at radius 1 is 1.10 bits per heavy atom. The highest BCUT2D eigenvalue weighted by atomic mass is 19.1. The first-order valence-electron chi connectivity index (χ1n) is 9.91. The van der Waals surface area contributed by atoms with Crippen molar-refractivity contribution in [1.82, 2.24) is 15.0 Å². The van der Waals surface area contributed by atoms with Crippen LogP contribution in [0.5, 0.6) is 0 Å². The summed E-state index contributed by atoms with van der Waals surface area (Å²) in [6.45, 7) is 3.07. The first-order valence-corrected chi connectivity index (χ1v) is 9.91. The number of halogens is 1. The highest BCUT2D eigenvalue weighted by molar-refractivity contribution is 5.89. The van der Waals surface area contributed by atoms with Crippen molar-refractivity contribution in [2.45, 2.75) is 25.7 Å². The van der Waals surface area contributed by atoms with Crippen molar-refractivity contribution in [1.29, 1.82) is 0 Å². The summed E-state index contributed by atoms with van der Waals surface area (Å²) in [6.07, 6.45) is 3.54. The Morgan fingerprint density at radius 2 is 1.87 bits per heavy atom. The number of piperidine rings is 1. The number of rotatable bonds is 5. The summed E-state index contributed by atoms with van der Waals surface area (Å²) in [5, 5.41) is 5.52. The normalized spacial score (nSPS) is 14.4. The van der Waals surface area contributed by atoms with Gasteiger partial charge in [0.2, 0.25) is 17.8 Å². The van der Waals surface area contributed by atoms with Gasteiger partial charge in [0.1, 0.15) is 12.1 Å². The van der Waals surface area contributed by atoms with Gasteiger partial charge in [-0.1, -0.05) is 30.3 Å². The highest BCUT2D eigenvalue weighted by Crippen LogP contribution is 2.29. The lowest BCUT2D eigenvalue weighted by molar-refractivity contribution is -0.114. The van der Waals surface area contributed by atoms with E-state index in [9.17, 15) is 9.18 Å². The van der Waals surface area contributed by atoms with Crippen LogP contribution in [0.25, 0.3) is 0 Å². The van der Waals surface area contributed by atoms with E-state index in [4.69, 9.17) is 0 Å². The molecule has 1 aliphatic heterocycles. The molecule has 2 aromatic carbocycles. The van der Waals surface area contributed by atoms with E-state index in [1.807, 2.05) is 6.07 Å². The molecule has 0 radical (unpaired) electrons. The van der Waals surface area contributed by atoms with E-state index in [1.54, 1.807) is 6.07 Å². The second-order valence-electron chi connectivity index (χ2n) is 7.28. The number of nitrogens with one attached hydrogen (secondary N) is 2. The number of anilines is 4. The van der Waals surface area contributed by atoms with Gasteiger partial charge in [0.05, 0.1) is 5.69 Å². The van der Waals surface area contributed by atoms with Crippen molar-refractivity contribution in [3.05, 3.63) is 66.2 Å². The molecule has 1 aliphatic rings. The first-order chi connectivity index (χ1) is 14.6. The second-order valence-corrected chi connectivity index (χ2v) is 7.28. The molecule has 1 aromatic heterocycles. The topological polar surface area (TPSA) is 83.0 Å². The molecule has 154 valence electrons. The standard InChI is InChI=1S/C22H23FN6O/c1-15(30)26-20-13-18(7-8-19(20)23)27-21-24-14-25-22(28-21)29-11-9-17(10-12-29)16-5-3-2-4-6-16/h2-8,13-14,17H,9-12H2,1H3,(H,26,30)(H,24,25,27,28). The molecule has 1 fully saturated rings. The molecule has 2 N–H and O–H groups in total. The second kappa shape index (κ2) is 8.86. The average Bonchev–Trinajstić information content (AvgIpc) is 2.77. The van der Waals surface area contributed by atoms with E-state index in [1.165, 1.54) is 30.9 Å². The molecule has 0 saturated carbocycles. The molecule has 3 aromatic rings. The monoisotopic (exact) mass is 406 g/mol. The highest BCUT2D eigenvalue weighted by Gasteiger charge is 2.22. The fourth-order valence-electron chi connectivity index (χ4n) is 3.66. The quantitative estimate of drug-likeness (QED) is 0.664. The third kappa shape index (κ3) is 4.71. The van der Waals surface area contributed by atoms with E-state index in [2.05, 4.69) is 54.8 Å². The maximum absolute atomic E-state index is 13.8. The molecule has 0 unspecified atom stereocenters. The van der Waals surface area contributed by atoms with Crippen molar-refractivity contribution in [2.24, 2.45) is 0 Å². The maximum atomic E-state index is 13.8. The Labute approximate surface area is 174 Å². The summed E-state index contributed by atoms with van der Waals surface area (Å²) in [5.41, 5.74) is 2.05. The van der Waals surface area contributed by atoms with Gasteiger partial charge in [0.25, 0.3) is 0 Å². The minimum atomic E-state index is -0.506. The lowest BCUT2D eigenvalue weighted by Gasteiger charge is -2.32. The molecule has 0 aliphatic carbocycles. The lowest BCUT2D eigenvalue weighted by atomic mass is 9.90. The zero-order valence-corrected chi connectivity index (χ0v) is 16.7. The first kappa shape index (κ1) is 19.8. The molecule has 30 heavy (non-hydrogen) atoms. The van der Waals surface area contributed by atoms with Crippen LogP contribution in [0.15, 0.2) is 54.9 Å². The van der Waals surface area contributed by atoms with Gasteiger partial charge in [0, 0.05) is 25.7 Å². The van der Waals surface area contributed by atoms with Gasteiger partial charge in [-0.05, 0) is 42.5 Å². The van der Waals surface area contributed by atoms with Gasteiger partial charge in [0.15, 0.2) is 0 Å². The number of amides is 1. The van der Waals surface area contributed by atoms with Gasteiger partial charge in [-0.25, -0.2) is 14.4 Å². The Bertz CT molecular complexity index is 1020. The van der Waals surface area contributed by atoms with E-state index < -0.39 is 5.82 Å². The molecule has 1 amide bonds. The number of carbonyl (C=O) groups excluding carboxylic acids is 1. The largest absolute Gasteiger partial charge is 0.341 e. The van der Waals surface area contributed by atoms with Crippen molar-refractivity contribution in [3.63, 3.8) is 0 Å². The molecule has 8 heteroatoms. The smallest absolute Gasteiger partial charge is 0.231 e. The third-order valence-corrected chi connectivity index (χ3v) is 5.14. The third-order valence-electron chi connectivity index (χ3n) is 5.14. The molecule has 0 spiro atoms. The summed E-state index contributed by atoms with van der Waals surface area (Å²) in [6, 6.07) is 14.9. The van der Waals surface area contributed by atoms with Crippen molar-refractivity contribution in [3.8, 4) is 0 Å². The molecule has 7 nitrogen and oxygen atoms in total. The Hall–Kier alpha value is -3.55. The van der Waals surface area contributed by atoms with E-state index in [0.717, 1.165) is 25.9 Å². The van der Waals surface area contributed by atoms with E-state index in [-0.39, 0.29) is 11.6 Å². The number of hydrogen-bond donors (Lipinski definition) is 2. The van der Waals surface area contributed by atoms with Gasteiger partial charge >= 0.3 is 0 Å². The fourth-order valence-corrected chi connectivity index (χ4v) is 3.66. The zero-order chi connectivity index (χ0) is 20.9. The van der Waals surface area contributed by atoms with Crippen LogP contribution < -0.4 is 15.5 Å². The van der Waals surface area contributed by atoms with Crippen LogP contribution in [-0.2, 0) is 4.79 Å². The van der Waals surface area contributed by atoms with Gasteiger partial charge < -0.3 is 15.5 Å². The van der Waals surface area contributed by atoms with Crippen LogP contribution in [-0.4, -0.2) is 33.9 Å². The number of carbonyl (C=O) groups is 1. The van der Waals surface area contributed by atoms with Crippen LogP contribution in [0, 0.1) is 5.82 Å². The molecular weight excluding hydrogens is 383 g/mol. The Kier molecular flexibility index (Phi) is 5.83. The molecule has 0 atom stereocenters. The van der Waals surface area contributed by atoms with Gasteiger partial charge in [-0.15, -0.1) is 0 Å². The number of nitrogens with zero attached hydrogens (tertiary/aromatic N) is 4. The number of hydrogen-bond acceptors (Lipinski definition) is 6. The predicted molar refractivity (Wildman–Crippen MR) is 114 cm³/mol. The Morgan fingerprint density at radius 3 is 2.60 bits per heavy atom. The summed E-state index contributed by atoms with van der Waals surface area (Å²) in [4.78, 5) is 26.4. The van der Waals surface area contributed by atoms with Crippen molar-refractivity contribution >= 4 is 29.2 Å². The van der Waals surface area contributed by atoms with Crippen LogP contribution in [0.1, 0.15) is 31.2 Å². The lowest BCUT2D eigenvalue weighted by Crippen LogP contribution is -2.34. The predicted octanol–water partition coefficient (Wildman–Crippen LogP) is 4.10. The average molecular weight is 406 g/mol. The van der Waals surface area contributed by atoms with E-state index in [0.29, 0.717) is 23.5 Å². The van der Waals surface area contributed by atoms with Crippen molar-refractivity contribution < 1.29 is 9.18 Å². The summed E-state index contributed by atoms with van der Waals surface area (Å²) in [7, 11) is 0. The summed E-state index contributed by atoms with van der Waals surface area (Å²) in [5.74, 6) is 0.683. The van der Waals surface area contributed by atoms with Crippen LogP contribution in [0.4, 0.5) is 27.7 Å². The number of benzene rings is 2. The minimum Gasteiger partial charge on any atom is -0.341 e. The maximum Gasteiger partial charge on any atom is 0.231 e. The van der Waals surface area contributed by atoms with Crippen molar-refractivity contribution in [2.75, 3.05) is 28.6 Å². The molecular formula is C22H23FN6O. The molecule has 1 saturated heterocycles. The minimum absolute atomic E-state index is 0.102. The zero-order valence-electron chi connectivity index (χ0n) is 16.7. The van der Waals surface area contributed by atoms with Crippen LogP contribution >= 0.6 is 0 Å². The van der Waals surface area contributed by atoms with Crippen LogP contribution in [0.3, 0.4) is 0 Å². The summed E-state index contributed by atoms with van der Waals surface area (Å²) >= 11 is 0. The Balaban J connectivity index is 1.43. The van der Waals surface area contributed by atoms with Gasteiger partial charge in [-0.2, -0.15) is 4.98 Å². The fraction of sp³-hybridized carbons (Fsp3) is 0.273. The molecule has 0 bridgehead atoms. The molecule has 4 rings (SSSR count). The van der Waals surface area contributed by atoms with Gasteiger partial charge in [-0.3, -0.25) is 4.79 Å². The SMILES string of the molecule is CC(=O)Nc1cc(Nc2ncnc(N3CCC(c4ccccc4)CC3)n2)ccc1F. The van der Waals surface area contributed by atoms with E-state index >= 15 is 0 Å². The summed E-state index contributed by atoms with van der Waals surface area (Å²) < 4.78 is 13.8. The van der Waals surface area contributed by atoms with Crippen LogP contribution in [0.2, 0.25) is 0 Å².